The van der Waals surface area contributed by atoms with Crippen molar-refractivity contribution in [3.63, 3.8) is 0 Å². The average molecular weight is 724 g/mol. The molecular weight excluding hydrogens is 662 g/mol. The molecule has 0 saturated carbocycles. The summed E-state index contributed by atoms with van der Waals surface area (Å²) in [6.07, 6.45) is -7.15. The Bertz CT molecular complexity index is 1090. The van der Waals surface area contributed by atoms with Crippen molar-refractivity contribution < 1.29 is 58.1 Å². The zero-order valence-corrected chi connectivity index (χ0v) is 31.8. The molecule has 0 unspecified atom stereocenters. The van der Waals surface area contributed by atoms with E-state index in [2.05, 4.69) is 0 Å². The Labute approximate surface area is 298 Å². The van der Waals surface area contributed by atoms with Gasteiger partial charge < -0.3 is 53.4 Å². The third kappa shape index (κ3) is 9.34. The van der Waals surface area contributed by atoms with Crippen LogP contribution >= 0.6 is 12.4 Å². The first kappa shape index (κ1) is 42.4. The molecule has 0 aromatic carbocycles. The van der Waals surface area contributed by atoms with Gasteiger partial charge in [0.15, 0.2) is 24.0 Å². The number of aliphatic hydroxyl groups excluding tert-OH is 3. The number of epoxide rings is 1. The number of ether oxygens (including phenoxy) is 7. The SMILES string of the molecule is CO[C@@H]1C[C@H](O[C@H]2[C@H](C)[C@@H](O[C@@H]3O[C@H](C)C[C@H](N(C)C)[C@H]3O)[C@@H](C)C[C@@]3(CO3)C(=O)[C@H](C)[C@@H](O)[C@H](C)[C@@H](C)OC(=O)[C@@H]2C)O[C@@H](C)[C@H]1O.Cl. The third-order valence-corrected chi connectivity index (χ3v) is 11.4. The number of aliphatic hydroxyl groups is 3. The van der Waals surface area contributed by atoms with Gasteiger partial charge in [-0.1, -0.05) is 27.7 Å². The van der Waals surface area contributed by atoms with Gasteiger partial charge in [-0.25, -0.2) is 0 Å². The molecule has 4 aliphatic rings. The molecule has 0 amide bonds. The van der Waals surface area contributed by atoms with Gasteiger partial charge in [-0.05, 0) is 60.5 Å². The van der Waals surface area contributed by atoms with Crippen molar-refractivity contribution in [3.05, 3.63) is 0 Å². The summed E-state index contributed by atoms with van der Waals surface area (Å²) in [6.45, 7) is 14.6. The molecule has 1 spiro atoms. The molecular formula is C35H62ClNO12. The lowest BCUT2D eigenvalue weighted by molar-refractivity contribution is -0.299. The van der Waals surface area contributed by atoms with E-state index in [0.29, 0.717) is 6.42 Å². The highest BCUT2D eigenvalue weighted by molar-refractivity contribution is 5.92. The summed E-state index contributed by atoms with van der Waals surface area (Å²) in [5.74, 6) is -3.74. The van der Waals surface area contributed by atoms with E-state index in [1.807, 2.05) is 39.8 Å². The van der Waals surface area contributed by atoms with E-state index in [9.17, 15) is 24.9 Å². The van der Waals surface area contributed by atoms with Gasteiger partial charge in [-0.15, -0.1) is 12.4 Å². The minimum Gasteiger partial charge on any atom is -0.462 e. The number of cyclic esters (lactones) is 1. The normalized spacial score (nSPS) is 48.8. The number of ketones is 1. The largest absolute Gasteiger partial charge is 0.462 e. The first-order chi connectivity index (χ1) is 22.4. The fourth-order valence-electron chi connectivity index (χ4n) is 7.89. The second-order valence-electron chi connectivity index (χ2n) is 15.3. The number of nitrogens with zero attached hydrogens (tertiary/aromatic N) is 1. The van der Waals surface area contributed by atoms with E-state index in [4.69, 9.17) is 33.2 Å². The molecule has 4 rings (SSSR count). The van der Waals surface area contributed by atoms with Crippen LogP contribution in [0.5, 0.6) is 0 Å². The van der Waals surface area contributed by atoms with Crippen molar-refractivity contribution in [2.45, 2.75) is 154 Å². The molecule has 0 aliphatic carbocycles. The summed E-state index contributed by atoms with van der Waals surface area (Å²) in [4.78, 5) is 29.7. The van der Waals surface area contributed by atoms with Gasteiger partial charge in [0.25, 0.3) is 0 Å². The summed E-state index contributed by atoms with van der Waals surface area (Å²) in [6, 6.07) is -0.219. The fourth-order valence-corrected chi connectivity index (χ4v) is 7.89. The number of hydrogen-bond acceptors (Lipinski definition) is 13. The number of likely N-dealkylation sites (N-methyl/N-ethyl adjacent to an activating group) is 1. The van der Waals surface area contributed by atoms with E-state index in [1.165, 1.54) is 7.11 Å². The maximum absolute atomic E-state index is 13.9. The van der Waals surface area contributed by atoms with Gasteiger partial charge in [-0.3, -0.25) is 9.59 Å². The standard InChI is InChI=1S/C35H61NO12.ClH/c1-16-14-35(15-43-35)32(40)19(4)27(37)18(3)22(7)46-33(41)21(6)31(47-26-13-25(42-11)28(38)23(8)45-26)20(5)30(16)48-34-29(39)24(36(9)10)12-17(2)44-34;/h16-31,34,37-39H,12-15H2,1-11H3;1H/t16-,17+,18+,19+,20+,21+,22+,23-,24-,25+,26-,27-,28+,29+,30-,31-,34-,35+;/m0./s1. The number of hydrogen-bond donors (Lipinski definition) is 3. The van der Waals surface area contributed by atoms with Crippen LogP contribution in [0, 0.1) is 29.6 Å². The van der Waals surface area contributed by atoms with Crippen molar-refractivity contribution in [1.29, 1.82) is 0 Å². The highest BCUT2D eigenvalue weighted by Crippen LogP contribution is 2.43. The smallest absolute Gasteiger partial charge is 0.311 e. The summed E-state index contributed by atoms with van der Waals surface area (Å²) in [7, 11) is 5.32. The summed E-state index contributed by atoms with van der Waals surface area (Å²) >= 11 is 0. The Morgan fingerprint density at radius 1 is 0.796 bits per heavy atom. The second kappa shape index (κ2) is 17.2. The quantitative estimate of drug-likeness (QED) is 0.270. The van der Waals surface area contributed by atoms with Crippen LogP contribution in [0.3, 0.4) is 0 Å². The topological polar surface area (TPSA) is 166 Å². The average Bonchev–Trinajstić information content (AvgIpc) is 3.82. The highest BCUT2D eigenvalue weighted by Gasteiger charge is 2.57. The molecule has 0 aromatic rings. The lowest BCUT2D eigenvalue weighted by atomic mass is 9.76. The number of halogens is 1. The highest BCUT2D eigenvalue weighted by atomic mass is 35.5. The maximum Gasteiger partial charge on any atom is 0.311 e. The minimum atomic E-state index is -1.10. The Kier molecular flexibility index (Phi) is 14.9. The minimum absolute atomic E-state index is 0. The molecule has 4 saturated heterocycles. The van der Waals surface area contributed by atoms with E-state index in [1.54, 1.807) is 34.6 Å². The second-order valence-corrected chi connectivity index (χ2v) is 15.3. The predicted molar refractivity (Wildman–Crippen MR) is 181 cm³/mol. The number of Topliss-reactive ketones (excluding diaryl/α,β-unsaturated/α-hetero) is 1. The molecule has 0 aromatic heterocycles. The van der Waals surface area contributed by atoms with E-state index < -0.39 is 96.7 Å². The molecule has 14 heteroatoms. The molecule has 3 N–H and O–H groups in total. The summed E-state index contributed by atoms with van der Waals surface area (Å²) in [5.41, 5.74) is -1.10. The lowest BCUT2D eigenvalue weighted by Gasteiger charge is -2.46. The van der Waals surface area contributed by atoms with Crippen LogP contribution in [-0.2, 0) is 42.7 Å². The molecule has 49 heavy (non-hydrogen) atoms. The molecule has 0 radical (unpaired) electrons. The lowest BCUT2D eigenvalue weighted by Crippen LogP contribution is -2.57. The van der Waals surface area contributed by atoms with Crippen LogP contribution in [0.4, 0.5) is 0 Å². The van der Waals surface area contributed by atoms with Crippen molar-refractivity contribution in [2.24, 2.45) is 29.6 Å². The third-order valence-electron chi connectivity index (χ3n) is 11.4. The maximum atomic E-state index is 13.9. The molecule has 286 valence electrons. The number of rotatable bonds is 6. The summed E-state index contributed by atoms with van der Waals surface area (Å²) < 4.78 is 43.0. The van der Waals surface area contributed by atoms with E-state index in [-0.39, 0.29) is 55.7 Å². The van der Waals surface area contributed by atoms with Gasteiger partial charge >= 0.3 is 5.97 Å². The van der Waals surface area contributed by atoms with Gasteiger partial charge in [0, 0.05) is 37.3 Å². The van der Waals surface area contributed by atoms with Gasteiger partial charge in [0.2, 0.25) is 0 Å². The Morgan fingerprint density at radius 3 is 2.00 bits per heavy atom. The Balaban J connectivity index is 0.00000650. The van der Waals surface area contributed by atoms with Gasteiger partial charge in [0.1, 0.15) is 18.3 Å². The van der Waals surface area contributed by atoms with E-state index in [0.717, 1.165) is 0 Å². The number of carbonyl (C=O) groups is 2. The number of carbonyl (C=O) groups excluding carboxylic acids is 2. The predicted octanol–water partition coefficient (Wildman–Crippen LogP) is 2.33. The summed E-state index contributed by atoms with van der Waals surface area (Å²) in [5, 5.41) is 33.3. The van der Waals surface area contributed by atoms with Crippen LogP contribution in [0.25, 0.3) is 0 Å². The van der Waals surface area contributed by atoms with Crippen LogP contribution in [0.1, 0.15) is 74.7 Å². The van der Waals surface area contributed by atoms with Gasteiger partial charge in [0.05, 0.1) is 49.1 Å². The molecule has 4 heterocycles. The van der Waals surface area contributed by atoms with Crippen molar-refractivity contribution >= 4 is 24.2 Å². The van der Waals surface area contributed by atoms with Crippen molar-refractivity contribution in [1.82, 2.24) is 4.90 Å². The Morgan fingerprint density at radius 2 is 1.43 bits per heavy atom. The number of methoxy groups -OCH3 is 1. The van der Waals surface area contributed by atoms with Crippen LogP contribution in [0.2, 0.25) is 0 Å². The molecule has 18 atom stereocenters. The molecule has 4 aliphatic heterocycles. The van der Waals surface area contributed by atoms with Crippen LogP contribution < -0.4 is 0 Å². The van der Waals surface area contributed by atoms with Crippen molar-refractivity contribution in [2.75, 3.05) is 27.8 Å². The van der Waals surface area contributed by atoms with Crippen LogP contribution in [-0.4, -0.2) is 139 Å². The van der Waals surface area contributed by atoms with E-state index >= 15 is 0 Å². The fraction of sp³-hybridized carbons (Fsp3) is 0.943. The first-order valence-corrected chi connectivity index (χ1v) is 17.7. The Hall–Kier alpha value is -0.970. The zero-order valence-electron chi connectivity index (χ0n) is 31.0. The van der Waals surface area contributed by atoms with Crippen molar-refractivity contribution in [3.8, 4) is 0 Å². The number of esters is 1. The molecule has 4 fully saturated rings. The molecule has 13 nitrogen and oxygen atoms in total. The molecule has 0 bridgehead atoms. The van der Waals surface area contributed by atoms with Crippen LogP contribution in [0.15, 0.2) is 0 Å². The first-order valence-electron chi connectivity index (χ1n) is 17.7. The zero-order chi connectivity index (χ0) is 35.8. The monoisotopic (exact) mass is 723 g/mol. The van der Waals surface area contributed by atoms with Gasteiger partial charge in [-0.2, -0.15) is 0 Å².